The number of amides is 2. The van der Waals surface area contributed by atoms with Crippen LogP contribution in [0.3, 0.4) is 0 Å². The van der Waals surface area contributed by atoms with Gasteiger partial charge in [0.25, 0.3) is 5.91 Å². The average molecular weight is 329 g/mol. The minimum Gasteiger partial charge on any atom is -0.342 e. The van der Waals surface area contributed by atoms with Crippen molar-refractivity contribution < 1.29 is 14.0 Å². The highest BCUT2D eigenvalue weighted by atomic mass is 79.9. The van der Waals surface area contributed by atoms with Crippen molar-refractivity contribution in [2.24, 2.45) is 0 Å². The molecule has 0 saturated carbocycles. The van der Waals surface area contributed by atoms with E-state index in [1.807, 2.05) is 0 Å². The van der Waals surface area contributed by atoms with Crippen LogP contribution in [0.5, 0.6) is 0 Å². The highest BCUT2D eigenvalue weighted by Crippen LogP contribution is 2.29. The lowest BCUT2D eigenvalue weighted by atomic mass is 10.0. The predicted molar refractivity (Wildman–Crippen MR) is 73.3 cm³/mol. The monoisotopic (exact) mass is 328 g/mol. The van der Waals surface area contributed by atoms with Gasteiger partial charge in [-0.05, 0) is 48.0 Å². The van der Waals surface area contributed by atoms with Crippen LogP contribution in [0, 0.1) is 5.82 Å². The van der Waals surface area contributed by atoms with Crippen molar-refractivity contribution in [2.45, 2.75) is 25.8 Å². The summed E-state index contributed by atoms with van der Waals surface area (Å²) in [6, 6.07) is 4.12. The SMILES string of the molecule is CC1(C)NC(=O)CCN(c2ccc(F)cc2Br)C1=O. The zero-order valence-electron chi connectivity index (χ0n) is 10.7. The normalized spacial score (nSPS) is 19.1. The molecule has 6 heteroatoms. The highest BCUT2D eigenvalue weighted by molar-refractivity contribution is 9.10. The minimum absolute atomic E-state index is 0.168. The lowest BCUT2D eigenvalue weighted by Crippen LogP contribution is -2.53. The molecule has 1 fully saturated rings. The molecule has 1 N–H and O–H groups in total. The van der Waals surface area contributed by atoms with E-state index in [0.29, 0.717) is 10.2 Å². The first-order valence-electron chi connectivity index (χ1n) is 5.89. The third-order valence-corrected chi connectivity index (χ3v) is 3.63. The van der Waals surface area contributed by atoms with Crippen LogP contribution in [0.15, 0.2) is 22.7 Å². The van der Waals surface area contributed by atoms with E-state index in [9.17, 15) is 14.0 Å². The number of anilines is 1. The molecule has 1 saturated heterocycles. The molecule has 1 aromatic carbocycles. The molecule has 2 rings (SSSR count). The maximum absolute atomic E-state index is 13.1. The van der Waals surface area contributed by atoms with Gasteiger partial charge in [0, 0.05) is 17.4 Å². The van der Waals surface area contributed by atoms with Crippen molar-refractivity contribution in [1.29, 1.82) is 0 Å². The van der Waals surface area contributed by atoms with Gasteiger partial charge in [0.2, 0.25) is 5.91 Å². The summed E-state index contributed by atoms with van der Waals surface area (Å²) in [7, 11) is 0. The minimum atomic E-state index is -0.971. The molecule has 1 aliphatic heterocycles. The smallest absolute Gasteiger partial charge is 0.252 e. The van der Waals surface area contributed by atoms with Crippen LogP contribution in [-0.4, -0.2) is 23.9 Å². The van der Waals surface area contributed by atoms with E-state index in [2.05, 4.69) is 21.2 Å². The van der Waals surface area contributed by atoms with Gasteiger partial charge in [-0.25, -0.2) is 4.39 Å². The second-order valence-electron chi connectivity index (χ2n) is 4.98. The number of hydrogen-bond donors (Lipinski definition) is 1. The molecular weight excluding hydrogens is 315 g/mol. The van der Waals surface area contributed by atoms with Crippen molar-refractivity contribution in [1.82, 2.24) is 5.32 Å². The van der Waals surface area contributed by atoms with Gasteiger partial charge in [0.15, 0.2) is 0 Å². The van der Waals surface area contributed by atoms with Crippen molar-refractivity contribution in [3.05, 3.63) is 28.5 Å². The summed E-state index contributed by atoms with van der Waals surface area (Å²) in [4.78, 5) is 25.5. The van der Waals surface area contributed by atoms with E-state index in [1.54, 1.807) is 13.8 Å². The molecule has 0 atom stereocenters. The number of nitrogens with zero attached hydrogens (tertiary/aromatic N) is 1. The molecule has 0 spiro atoms. The lowest BCUT2D eigenvalue weighted by molar-refractivity contribution is -0.128. The van der Waals surface area contributed by atoms with Crippen LogP contribution in [0.1, 0.15) is 20.3 Å². The Morgan fingerprint density at radius 1 is 1.37 bits per heavy atom. The molecule has 0 bridgehead atoms. The number of benzene rings is 1. The summed E-state index contributed by atoms with van der Waals surface area (Å²) in [6.07, 6.45) is 0.221. The molecule has 102 valence electrons. The molecule has 19 heavy (non-hydrogen) atoms. The lowest BCUT2D eigenvalue weighted by Gasteiger charge is -2.29. The number of carbonyl (C=O) groups excluding carboxylic acids is 2. The van der Waals surface area contributed by atoms with Gasteiger partial charge >= 0.3 is 0 Å². The molecule has 2 amide bonds. The van der Waals surface area contributed by atoms with Crippen molar-refractivity contribution in [3.8, 4) is 0 Å². The second-order valence-corrected chi connectivity index (χ2v) is 5.83. The van der Waals surface area contributed by atoms with E-state index in [0.717, 1.165) is 0 Å². The van der Waals surface area contributed by atoms with E-state index in [4.69, 9.17) is 0 Å². The molecular formula is C13H14BrFN2O2. The number of rotatable bonds is 1. The van der Waals surface area contributed by atoms with E-state index in [1.165, 1.54) is 23.1 Å². The molecule has 4 nitrogen and oxygen atoms in total. The van der Waals surface area contributed by atoms with Crippen LogP contribution >= 0.6 is 15.9 Å². The Labute approximate surface area is 119 Å². The van der Waals surface area contributed by atoms with Gasteiger partial charge in [-0.2, -0.15) is 0 Å². The summed E-state index contributed by atoms with van der Waals surface area (Å²) in [6.45, 7) is 3.59. The molecule has 0 unspecified atom stereocenters. The topological polar surface area (TPSA) is 49.4 Å². The first-order valence-corrected chi connectivity index (χ1v) is 6.68. The van der Waals surface area contributed by atoms with Gasteiger partial charge in [0.05, 0.1) is 5.69 Å². The Balaban J connectivity index is 2.42. The Kier molecular flexibility index (Phi) is 3.62. The first-order chi connectivity index (χ1) is 8.81. The summed E-state index contributed by atoms with van der Waals surface area (Å²) in [5, 5.41) is 2.68. The zero-order chi connectivity index (χ0) is 14.2. The number of carbonyl (C=O) groups is 2. The maximum atomic E-state index is 13.1. The molecule has 1 heterocycles. The molecule has 1 aromatic rings. The third kappa shape index (κ3) is 2.78. The highest BCUT2D eigenvalue weighted by Gasteiger charge is 2.37. The Bertz CT molecular complexity index is 545. The van der Waals surface area contributed by atoms with Crippen molar-refractivity contribution in [3.63, 3.8) is 0 Å². The number of hydrogen-bond acceptors (Lipinski definition) is 2. The maximum Gasteiger partial charge on any atom is 0.252 e. The van der Waals surface area contributed by atoms with E-state index < -0.39 is 5.54 Å². The molecule has 1 aliphatic rings. The van der Waals surface area contributed by atoms with E-state index in [-0.39, 0.29) is 30.6 Å². The van der Waals surface area contributed by atoms with Crippen LogP contribution in [0.4, 0.5) is 10.1 Å². The van der Waals surface area contributed by atoms with Gasteiger partial charge in [-0.1, -0.05) is 0 Å². The predicted octanol–water partition coefficient (Wildman–Crippen LogP) is 2.22. The van der Waals surface area contributed by atoms with Gasteiger partial charge in [0.1, 0.15) is 11.4 Å². The fourth-order valence-corrected chi connectivity index (χ4v) is 2.61. The summed E-state index contributed by atoms with van der Waals surface area (Å²) < 4.78 is 13.6. The zero-order valence-corrected chi connectivity index (χ0v) is 12.3. The average Bonchev–Trinajstić information content (AvgIpc) is 2.38. The Hall–Kier alpha value is -1.43. The van der Waals surface area contributed by atoms with Crippen molar-refractivity contribution >= 4 is 33.4 Å². The second kappa shape index (κ2) is 4.92. The van der Waals surface area contributed by atoms with Gasteiger partial charge < -0.3 is 10.2 Å². The quantitative estimate of drug-likeness (QED) is 0.859. The molecule has 0 aliphatic carbocycles. The Morgan fingerprint density at radius 3 is 2.68 bits per heavy atom. The molecule has 0 radical (unpaired) electrons. The molecule has 0 aromatic heterocycles. The number of nitrogens with one attached hydrogen (secondary N) is 1. The summed E-state index contributed by atoms with van der Waals surface area (Å²) in [5.74, 6) is -0.768. The van der Waals surface area contributed by atoms with Crippen LogP contribution in [-0.2, 0) is 9.59 Å². The van der Waals surface area contributed by atoms with E-state index >= 15 is 0 Å². The fraction of sp³-hybridized carbons (Fsp3) is 0.385. The van der Waals surface area contributed by atoms with Crippen LogP contribution < -0.4 is 10.2 Å². The first kappa shape index (κ1) is 14.0. The standard InChI is InChI=1S/C13H14BrFN2O2/c1-13(2)12(19)17(6-5-11(18)16-13)10-4-3-8(15)7-9(10)14/h3-4,7H,5-6H2,1-2H3,(H,16,18). The largest absolute Gasteiger partial charge is 0.342 e. The summed E-state index contributed by atoms with van der Waals surface area (Å²) >= 11 is 3.25. The van der Waals surface area contributed by atoms with Crippen LogP contribution in [0.2, 0.25) is 0 Å². The Morgan fingerprint density at radius 2 is 2.05 bits per heavy atom. The number of halogens is 2. The van der Waals surface area contributed by atoms with Crippen molar-refractivity contribution in [2.75, 3.05) is 11.4 Å². The van der Waals surface area contributed by atoms with Crippen LogP contribution in [0.25, 0.3) is 0 Å². The summed E-state index contributed by atoms with van der Waals surface area (Å²) in [5.41, 5.74) is -0.405. The van der Waals surface area contributed by atoms with Gasteiger partial charge in [-0.15, -0.1) is 0 Å². The fourth-order valence-electron chi connectivity index (χ4n) is 2.05. The third-order valence-electron chi connectivity index (χ3n) is 2.99. The van der Waals surface area contributed by atoms with Gasteiger partial charge in [-0.3, -0.25) is 9.59 Å².